The lowest BCUT2D eigenvalue weighted by Gasteiger charge is -2.28. The quantitative estimate of drug-likeness (QED) is 0.349. The molecular weight excluding hydrogens is 228 g/mol. The topological polar surface area (TPSA) is 18.5 Å². The summed E-state index contributed by atoms with van der Waals surface area (Å²) >= 11 is 0. The molecule has 0 aliphatic carbocycles. The van der Waals surface area contributed by atoms with Crippen molar-refractivity contribution in [1.82, 2.24) is 0 Å². The van der Waals surface area contributed by atoms with Gasteiger partial charge in [0, 0.05) is 6.61 Å². The molecule has 0 spiro atoms. The molecule has 0 aliphatic heterocycles. The average molecular weight is 260 g/mol. The molecule has 2 nitrogen and oxygen atoms in total. The molecular formula is C14H32O2Si. The summed E-state index contributed by atoms with van der Waals surface area (Å²) in [5.41, 5.74) is 0. The molecule has 0 amide bonds. The molecule has 0 fully saturated rings. The van der Waals surface area contributed by atoms with Crippen LogP contribution in [0, 0.1) is 5.92 Å². The fourth-order valence-corrected chi connectivity index (χ4v) is 4.24. The molecule has 0 aromatic heterocycles. The van der Waals surface area contributed by atoms with Crippen molar-refractivity contribution in [2.24, 2.45) is 5.92 Å². The summed E-state index contributed by atoms with van der Waals surface area (Å²) in [7, 11) is -1.13. The van der Waals surface area contributed by atoms with Crippen LogP contribution < -0.4 is 0 Å². The van der Waals surface area contributed by atoms with Crippen LogP contribution in [0.3, 0.4) is 0 Å². The van der Waals surface area contributed by atoms with Gasteiger partial charge in [0.1, 0.15) is 6.79 Å². The lowest BCUT2D eigenvalue weighted by Crippen LogP contribution is -2.30. The van der Waals surface area contributed by atoms with Crippen LogP contribution in [0.4, 0.5) is 0 Å². The Kier molecular flexibility index (Phi) is 9.19. The fourth-order valence-electron chi connectivity index (χ4n) is 1.66. The van der Waals surface area contributed by atoms with Gasteiger partial charge in [-0.15, -0.1) is 0 Å². The van der Waals surface area contributed by atoms with Crippen LogP contribution in [-0.2, 0) is 9.16 Å². The van der Waals surface area contributed by atoms with E-state index in [2.05, 4.69) is 41.5 Å². The predicted molar refractivity (Wildman–Crippen MR) is 77.9 cm³/mol. The molecule has 0 aliphatic rings. The molecule has 0 saturated heterocycles. The molecule has 17 heavy (non-hydrogen) atoms. The van der Waals surface area contributed by atoms with Crippen LogP contribution >= 0.6 is 0 Å². The van der Waals surface area contributed by atoms with Gasteiger partial charge in [0.05, 0.1) is 0 Å². The second-order valence-corrected chi connectivity index (χ2v) is 9.99. The summed E-state index contributed by atoms with van der Waals surface area (Å²) in [4.78, 5) is 0. The number of hydrogen-bond donors (Lipinski definition) is 0. The highest BCUT2D eigenvalue weighted by atomic mass is 28.3. The van der Waals surface area contributed by atoms with Crippen LogP contribution in [0.15, 0.2) is 0 Å². The van der Waals surface area contributed by atoms with Gasteiger partial charge in [-0.1, -0.05) is 54.4 Å². The normalized spacial score (nSPS) is 14.3. The van der Waals surface area contributed by atoms with Gasteiger partial charge in [-0.3, -0.25) is 0 Å². The van der Waals surface area contributed by atoms with E-state index >= 15 is 0 Å². The highest BCUT2D eigenvalue weighted by Crippen LogP contribution is 2.30. The van der Waals surface area contributed by atoms with E-state index in [1.165, 1.54) is 18.9 Å². The van der Waals surface area contributed by atoms with Gasteiger partial charge in [-0.2, -0.15) is 0 Å². The largest absolute Gasteiger partial charge is 0.397 e. The van der Waals surface area contributed by atoms with Gasteiger partial charge < -0.3 is 9.16 Å². The Morgan fingerprint density at radius 3 is 2.29 bits per heavy atom. The lowest BCUT2D eigenvalue weighted by atomic mass is 10.1. The van der Waals surface area contributed by atoms with Crippen LogP contribution in [0.1, 0.15) is 60.8 Å². The molecule has 1 unspecified atom stereocenters. The van der Waals surface area contributed by atoms with Gasteiger partial charge in [0.25, 0.3) is 0 Å². The van der Waals surface area contributed by atoms with Crippen LogP contribution in [-0.4, -0.2) is 22.4 Å². The maximum Gasteiger partial charge on any atom is 0.185 e. The van der Waals surface area contributed by atoms with E-state index in [1.807, 2.05) is 0 Å². The fraction of sp³-hybridized carbons (Fsp3) is 1.00. The van der Waals surface area contributed by atoms with Crippen LogP contribution in [0.25, 0.3) is 0 Å². The van der Waals surface area contributed by atoms with Crippen molar-refractivity contribution in [3.05, 3.63) is 0 Å². The third kappa shape index (κ3) is 9.80. The van der Waals surface area contributed by atoms with Gasteiger partial charge in [-0.05, 0) is 23.4 Å². The summed E-state index contributed by atoms with van der Waals surface area (Å²) in [6, 6.07) is 1.27. The Labute approximate surface area is 110 Å². The van der Waals surface area contributed by atoms with E-state index in [1.54, 1.807) is 0 Å². The number of rotatable bonds is 9. The minimum absolute atomic E-state index is 0.344. The van der Waals surface area contributed by atoms with Crippen molar-refractivity contribution < 1.29 is 9.16 Å². The Morgan fingerprint density at radius 1 is 1.18 bits per heavy atom. The van der Waals surface area contributed by atoms with Crippen molar-refractivity contribution in [3.8, 4) is 0 Å². The van der Waals surface area contributed by atoms with Crippen LogP contribution in [0.5, 0.6) is 0 Å². The van der Waals surface area contributed by atoms with E-state index in [-0.39, 0.29) is 0 Å². The summed E-state index contributed by atoms with van der Waals surface area (Å²) in [5.74, 6) is 0.714. The first-order chi connectivity index (χ1) is 7.88. The summed E-state index contributed by atoms with van der Waals surface area (Å²) < 4.78 is 11.6. The Hall–Kier alpha value is 0.137. The highest BCUT2D eigenvalue weighted by molar-refractivity contribution is 6.55. The second-order valence-electron chi connectivity index (χ2n) is 6.37. The lowest BCUT2D eigenvalue weighted by molar-refractivity contribution is 0.00589. The first-order valence-electron chi connectivity index (χ1n) is 7.07. The predicted octanol–water partition coefficient (Wildman–Crippen LogP) is 4.35. The highest BCUT2D eigenvalue weighted by Gasteiger charge is 2.27. The van der Waals surface area contributed by atoms with Crippen molar-refractivity contribution >= 4 is 9.04 Å². The molecule has 0 rings (SSSR count). The smallest absolute Gasteiger partial charge is 0.185 e. The Balaban J connectivity index is 3.76. The summed E-state index contributed by atoms with van der Waals surface area (Å²) in [6.45, 7) is 14.9. The third-order valence-corrected chi connectivity index (χ3v) is 6.38. The van der Waals surface area contributed by atoms with Crippen molar-refractivity contribution in [3.63, 3.8) is 0 Å². The monoisotopic (exact) mass is 260 g/mol. The van der Waals surface area contributed by atoms with Gasteiger partial charge in [0.15, 0.2) is 9.04 Å². The minimum atomic E-state index is -1.13. The zero-order chi connectivity index (χ0) is 13.3. The Morgan fingerprint density at radius 2 is 1.82 bits per heavy atom. The Bertz CT molecular complexity index is 176. The zero-order valence-corrected chi connectivity index (χ0v) is 13.9. The molecule has 104 valence electrons. The SMILES string of the molecule is CCCC[SiH](OCOCCC(C)C)C(C)(C)C. The van der Waals surface area contributed by atoms with Gasteiger partial charge in [0.2, 0.25) is 0 Å². The van der Waals surface area contributed by atoms with Gasteiger partial charge >= 0.3 is 0 Å². The molecule has 3 heteroatoms. The average Bonchev–Trinajstić information content (AvgIpc) is 2.19. The number of unbranched alkanes of at least 4 members (excludes halogenated alkanes) is 1. The summed E-state index contributed by atoms with van der Waals surface area (Å²) in [6.07, 6.45) is 3.68. The molecule has 0 aromatic carbocycles. The molecule has 0 saturated carbocycles. The minimum Gasteiger partial charge on any atom is -0.397 e. The van der Waals surface area contributed by atoms with Crippen molar-refractivity contribution in [2.45, 2.75) is 71.9 Å². The number of hydrogen-bond acceptors (Lipinski definition) is 2. The molecule has 0 aromatic rings. The maximum absolute atomic E-state index is 6.01. The first kappa shape index (κ1) is 17.1. The molecule has 0 bridgehead atoms. The molecule has 0 radical (unpaired) electrons. The molecule has 0 N–H and O–H groups in total. The number of ether oxygens (including phenoxy) is 1. The van der Waals surface area contributed by atoms with E-state index in [0.29, 0.717) is 17.7 Å². The molecule has 1 atom stereocenters. The second kappa shape index (κ2) is 9.12. The maximum atomic E-state index is 6.01. The summed E-state index contributed by atoms with van der Waals surface area (Å²) in [5, 5.41) is 0.344. The van der Waals surface area contributed by atoms with E-state index in [4.69, 9.17) is 9.16 Å². The standard InChI is InChI=1S/C14H32O2Si/c1-7-8-11-17(14(4,5)6)16-12-15-10-9-13(2)3/h13,17H,7-12H2,1-6H3. The first-order valence-corrected chi connectivity index (χ1v) is 8.93. The van der Waals surface area contributed by atoms with Crippen LogP contribution in [0.2, 0.25) is 11.1 Å². The van der Waals surface area contributed by atoms with Crippen molar-refractivity contribution in [2.75, 3.05) is 13.4 Å². The van der Waals surface area contributed by atoms with E-state index < -0.39 is 9.04 Å². The third-order valence-electron chi connectivity index (χ3n) is 2.98. The zero-order valence-electron chi connectivity index (χ0n) is 12.7. The van der Waals surface area contributed by atoms with E-state index in [0.717, 1.165) is 13.0 Å². The van der Waals surface area contributed by atoms with E-state index in [9.17, 15) is 0 Å². The van der Waals surface area contributed by atoms with Gasteiger partial charge in [-0.25, -0.2) is 0 Å². The van der Waals surface area contributed by atoms with Crippen molar-refractivity contribution in [1.29, 1.82) is 0 Å². The molecule has 0 heterocycles.